The zero-order valence-electron chi connectivity index (χ0n) is 12.2. The van der Waals surface area contributed by atoms with Gasteiger partial charge in [-0.25, -0.2) is 0 Å². The fourth-order valence-corrected chi connectivity index (χ4v) is 2.13. The summed E-state index contributed by atoms with van der Waals surface area (Å²) in [5.74, 6) is -5.20. The molecule has 8 heteroatoms. The molecule has 0 aliphatic heterocycles. The van der Waals surface area contributed by atoms with Crippen molar-refractivity contribution in [2.24, 2.45) is 17.3 Å². The van der Waals surface area contributed by atoms with Crippen LogP contribution in [0.15, 0.2) is 0 Å². The predicted octanol–water partition coefficient (Wildman–Crippen LogP) is 4.60. The Morgan fingerprint density at radius 1 is 1.05 bits per heavy atom. The van der Waals surface area contributed by atoms with Crippen LogP contribution >= 0.6 is 11.6 Å². The van der Waals surface area contributed by atoms with E-state index in [2.05, 4.69) is 11.6 Å². The highest BCUT2D eigenvalue weighted by atomic mass is 35.5. The summed E-state index contributed by atoms with van der Waals surface area (Å²) in [6.07, 6.45) is -6.52. The zero-order chi connectivity index (χ0) is 17.2. The van der Waals surface area contributed by atoms with Crippen molar-refractivity contribution in [1.82, 2.24) is 0 Å². The fraction of sp³-hybridized carbons (Fsp3) is 0.846. The van der Waals surface area contributed by atoms with Crippen molar-refractivity contribution in [3.63, 3.8) is 0 Å². The summed E-state index contributed by atoms with van der Waals surface area (Å²) in [7, 11) is 0. The largest absolute Gasteiger partial charge is 0.392 e. The fourth-order valence-electron chi connectivity index (χ4n) is 1.87. The molecule has 1 unspecified atom stereocenters. The number of ketones is 2. The van der Waals surface area contributed by atoms with Crippen LogP contribution in [0.3, 0.4) is 0 Å². The molecule has 0 N–H and O–H groups in total. The van der Waals surface area contributed by atoms with Gasteiger partial charge in [-0.1, -0.05) is 27.7 Å². The monoisotopic (exact) mass is 336 g/mol. The number of hydrogen-bond acceptors (Lipinski definition) is 2. The maximum absolute atomic E-state index is 13.0. The lowest BCUT2D eigenvalue weighted by molar-refractivity contribution is -0.188. The van der Waals surface area contributed by atoms with Crippen molar-refractivity contribution in [3.8, 4) is 0 Å². The number of rotatable bonds is 7. The van der Waals surface area contributed by atoms with Crippen LogP contribution in [-0.2, 0) is 9.59 Å². The van der Waals surface area contributed by atoms with Gasteiger partial charge in [0, 0.05) is 17.8 Å². The molecule has 0 aliphatic rings. The Morgan fingerprint density at radius 3 is 1.76 bits per heavy atom. The van der Waals surface area contributed by atoms with Crippen LogP contribution in [0.25, 0.3) is 0 Å². The molecule has 0 saturated heterocycles. The quantitative estimate of drug-likeness (QED) is 0.503. The number of halogens is 6. The van der Waals surface area contributed by atoms with Gasteiger partial charge >= 0.3 is 11.6 Å². The van der Waals surface area contributed by atoms with Gasteiger partial charge in [0.2, 0.25) is 5.78 Å². The van der Waals surface area contributed by atoms with E-state index in [1.165, 1.54) is 13.8 Å². The Bertz CT molecular complexity index is 396. The van der Waals surface area contributed by atoms with Crippen LogP contribution < -0.4 is 0 Å². The summed E-state index contributed by atoms with van der Waals surface area (Å²) in [5, 5.41) is -4.23. The first kappa shape index (κ1) is 20.3. The number of Topliss-reactive ketones (excluding diaryl/α,β-unsaturated/α-hetero) is 2. The summed E-state index contributed by atoms with van der Waals surface area (Å²) in [5.41, 5.74) is -2.00. The molecule has 0 aromatic heterocycles. The molecule has 2 nitrogen and oxygen atoms in total. The van der Waals surface area contributed by atoms with Crippen molar-refractivity contribution in [3.05, 3.63) is 0 Å². The van der Waals surface area contributed by atoms with E-state index in [0.717, 1.165) is 13.8 Å². The molecule has 0 spiro atoms. The minimum Gasteiger partial charge on any atom is -0.299 e. The maximum Gasteiger partial charge on any atom is 0.392 e. The van der Waals surface area contributed by atoms with Gasteiger partial charge in [0.1, 0.15) is 5.78 Å². The van der Waals surface area contributed by atoms with Gasteiger partial charge < -0.3 is 0 Å². The van der Waals surface area contributed by atoms with Gasteiger partial charge in [0.25, 0.3) is 0 Å². The van der Waals surface area contributed by atoms with Gasteiger partial charge in [0.05, 0.1) is 5.92 Å². The molecule has 0 amide bonds. The van der Waals surface area contributed by atoms with Crippen molar-refractivity contribution in [2.75, 3.05) is 0 Å². The second kappa shape index (κ2) is 6.58. The normalized spacial score (nSPS) is 15.2. The number of carbonyl (C=O) groups excluding carboxylic acids is 2. The van der Waals surface area contributed by atoms with Crippen LogP contribution in [-0.4, -0.2) is 23.1 Å². The highest BCUT2D eigenvalue weighted by Gasteiger charge is 2.50. The predicted molar refractivity (Wildman–Crippen MR) is 68.2 cm³/mol. The molecule has 0 heterocycles. The second-order valence-corrected chi connectivity index (χ2v) is 6.45. The molecule has 0 rings (SSSR count). The van der Waals surface area contributed by atoms with Crippen LogP contribution in [0.2, 0.25) is 0 Å². The van der Waals surface area contributed by atoms with Crippen molar-refractivity contribution in [1.29, 1.82) is 0 Å². The third kappa shape index (κ3) is 6.28. The first-order valence-corrected chi connectivity index (χ1v) is 6.68. The van der Waals surface area contributed by atoms with Gasteiger partial charge in [-0.3, -0.25) is 9.59 Å². The van der Waals surface area contributed by atoms with E-state index in [1.807, 2.05) is 0 Å². The van der Waals surface area contributed by atoms with E-state index in [-0.39, 0.29) is 0 Å². The molecule has 1 atom stereocenters. The minimum absolute atomic E-state index is 0.608. The van der Waals surface area contributed by atoms with Crippen LogP contribution in [0, 0.1) is 17.3 Å². The first-order chi connectivity index (χ1) is 9.09. The number of carbonyl (C=O) groups is 2. The third-order valence-electron chi connectivity index (χ3n) is 3.18. The molecule has 0 fully saturated rings. The summed E-state index contributed by atoms with van der Waals surface area (Å²) >= 11 is 4.59. The van der Waals surface area contributed by atoms with Crippen molar-refractivity contribution in [2.45, 2.75) is 52.1 Å². The molecular formula is C13H18ClF5O2. The lowest BCUT2D eigenvalue weighted by Crippen LogP contribution is -2.40. The molecule has 0 aromatic carbocycles. The maximum atomic E-state index is 13.0. The Labute approximate surface area is 125 Å². The Balaban J connectivity index is 5.24. The number of alkyl halides is 6. The van der Waals surface area contributed by atoms with Gasteiger partial charge in [0.15, 0.2) is 0 Å². The Hall–Kier alpha value is -0.720. The molecule has 0 aliphatic carbocycles. The van der Waals surface area contributed by atoms with Gasteiger partial charge in [-0.05, 0) is 18.0 Å². The van der Waals surface area contributed by atoms with Crippen LogP contribution in [0.4, 0.5) is 22.0 Å². The molecule has 0 saturated carbocycles. The number of hydrogen-bond donors (Lipinski definition) is 0. The summed E-state index contributed by atoms with van der Waals surface area (Å²) in [6, 6.07) is 0. The van der Waals surface area contributed by atoms with E-state index < -0.39 is 53.2 Å². The smallest absolute Gasteiger partial charge is 0.299 e. The Morgan fingerprint density at radius 2 is 1.48 bits per heavy atom. The molecule has 0 aromatic rings. The lowest BCUT2D eigenvalue weighted by atomic mass is 9.77. The van der Waals surface area contributed by atoms with Gasteiger partial charge in [-0.15, -0.1) is 0 Å². The van der Waals surface area contributed by atoms with E-state index in [4.69, 9.17) is 0 Å². The highest BCUT2D eigenvalue weighted by Crippen LogP contribution is 2.42. The third-order valence-corrected chi connectivity index (χ3v) is 3.35. The van der Waals surface area contributed by atoms with Crippen molar-refractivity contribution >= 4 is 23.2 Å². The standard InChI is InChI=1S/C13H18ClF5O2/c1-7(2)9(20)5-8(13(17,18)19)6-11(3,4)10(21)12(14,15)16/h7-8H,5-6H2,1-4H3. The highest BCUT2D eigenvalue weighted by molar-refractivity contribution is 6.33. The zero-order valence-corrected chi connectivity index (χ0v) is 12.9. The van der Waals surface area contributed by atoms with Crippen molar-refractivity contribution < 1.29 is 31.5 Å². The average molecular weight is 337 g/mol. The lowest BCUT2D eigenvalue weighted by Gasteiger charge is -2.30. The average Bonchev–Trinajstić information content (AvgIpc) is 2.23. The molecule has 21 heavy (non-hydrogen) atoms. The SMILES string of the molecule is CC(C)C(=O)CC(CC(C)(C)C(=O)C(F)(F)Cl)C(F)(F)F. The van der Waals surface area contributed by atoms with E-state index >= 15 is 0 Å². The first-order valence-electron chi connectivity index (χ1n) is 6.30. The van der Waals surface area contributed by atoms with Crippen LogP contribution in [0.5, 0.6) is 0 Å². The van der Waals surface area contributed by atoms with Crippen LogP contribution in [0.1, 0.15) is 40.5 Å². The second-order valence-electron chi connectivity index (χ2n) is 5.98. The van der Waals surface area contributed by atoms with E-state index in [1.54, 1.807) is 0 Å². The minimum atomic E-state index is -4.76. The Kier molecular flexibility index (Phi) is 6.36. The topological polar surface area (TPSA) is 34.1 Å². The summed E-state index contributed by atoms with van der Waals surface area (Å²) in [4.78, 5) is 22.9. The summed E-state index contributed by atoms with van der Waals surface area (Å²) < 4.78 is 64.5. The summed E-state index contributed by atoms with van der Waals surface area (Å²) in [6.45, 7) is 4.81. The van der Waals surface area contributed by atoms with Gasteiger partial charge in [-0.2, -0.15) is 22.0 Å². The molecule has 0 radical (unpaired) electrons. The van der Waals surface area contributed by atoms with E-state index in [0.29, 0.717) is 0 Å². The van der Waals surface area contributed by atoms with E-state index in [9.17, 15) is 31.5 Å². The molecule has 124 valence electrons. The molecular weight excluding hydrogens is 319 g/mol. The molecule has 0 bridgehead atoms.